The molecule has 0 spiro atoms. The molecule has 1 aromatic carbocycles. The molecule has 0 saturated heterocycles. The molecular formula is C22H28N8O3. The first-order valence-electron chi connectivity index (χ1n) is 10.7. The summed E-state index contributed by atoms with van der Waals surface area (Å²) in [6.07, 6.45) is 4.78. The summed E-state index contributed by atoms with van der Waals surface area (Å²) in [6.45, 7) is 2.08. The Morgan fingerprint density at radius 1 is 1.15 bits per heavy atom. The molecule has 11 heteroatoms. The highest BCUT2D eigenvalue weighted by Crippen LogP contribution is 2.37. The minimum absolute atomic E-state index is 0.0740. The second kappa shape index (κ2) is 11.0. The average molecular weight is 453 g/mol. The van der Waals surface area contributed by atoms with Gasteiger partial charge in [-0.05, 0) is 18.6 Å². The third kappa shape index (κ3) is 5.82. The van der Waals surface area contributed by atoms with Gasteiger partial charge in [0.1, 0.15) is 6.33 Å². The fourth-order valence-electron chi connectivity index (χ4n) is 3.21. The molecule has 2 amide bonds. The van der Waals surface area contributed by atoms with E-state index >= 15 is 0 Å². The van der Waals surface area contributed by atoms with E-state index in [0.29, 0.717) is 34.9 Å². The third-order valence-corrected chi connectivity index (χ3v) is 4.84. The van der Waals surface area contributed by atoms with Crippen LogP contribution in [-0.4, -0.2) is 50.9 Å². The Bertz CT molecular complexity index is 1130. The van der Waals surface area contributed by atoms with Crippen molar-refractivity contribution in [2.45, 2.75) is 32.6 Å². The first-order valence-corrected chi connectivity index (χ1v) is 10.7. The number of aromatic nitrogens is 5. The van der Waals surface area contributed by atoms with Crippen LogP contribution in [-0.2, 0) is 11.8 Å². The fraction of sp³-hybridized carbons (Fsp3) is 0.364. The Morgan fingerprint density at radius 3 is 2.64 bits per heavy atom. The van der Waals surface area contributed by atoms with Crippen molar-refractivity contribution in [3.63, 3.8) is 0 Å². The van der Waals surface area contributed by atoms with Gasteiger partial charge in [-0.1, -0.05) is 25.8 Å². The molecule has 3 N–H and O–H groups in total. The van der Waals surface area contributed by atoms with Crippen molar-refractivity contribution in [2.24, 2.45) is 7.05 Å². The Hall–Kier alpha value is -4.02. The predicted molar refractivity (Wildman–Crippen MR) is 124 cm³/mol. The predicted octanol–water partition coefficient (Wildman–Crippen LogP) is 2.90. The molecule has 0 bridgehead atoms. The highest BCUT2D eigenvalue weighted by Gasteiger charge is 2.19. The molecule has 2 heterocycles. The Labute approximate surface area is 192 Å². The van der Waals surface area contributed by atoms with Crippen molar-refractivity contribution in [1.82, 2.24) is 30.3 Å². The van der Waals surface area contributed by atoms with Crippen molar-refractivity contribution in [2.75, 3.05) is 24.8 Å². The number of amides is 2. The molecule has 0 unspecified atom stereocenters. The van der Waals surface area contributed by atoms with Crippen molar-refractivity contribution in [3.05, 3.63) is 36.3 Å². The van der Waals surface area contributed by atoms with Gasteiger partial charge in [-0.15, -0.1) is 10.2 Å². The maximum absolute atomic E-state index is 12.4. The van der Waals surface area contributed by atoms with Gasteiger partial charge in [0.2, 0.25) is 5.91 Å². The fourth-order valence-corrected chi connectivity index (χ4v) is 3.21. The molecule has 0 aliphatic carbocycles. The number of carbonyl (C=O) groups is 2. The van der Waals surface area contributed by atoms with E-state index in [1.807, 2.05) is 12.1 Å². The lowest BCUT2D eigenvalue weighted by molar-refractivity contribution is -0.116. The van der Waals surface area contributed by atoms with Gasteiger partial charge in [-0.25, -0.2) is 4.98 Å². The lowest BCUT2D eigenvalue weighted by Gasteiger charge is -2.16. The van der Waals surface area contributed by atoms with Crippen LogP contribution in [0.2, 0.25) is 0 Å². The second-order valence-corrected chi connectivity index (χ2v) is 7.33. The standard InChI is InChI=1S/C22H28N8O3/c1-5-6-7-11-18(31)26-17-12-16(19(28-27-17)22(32)23-2)25-15-10-8-9-14(20(15)33-4)21-24-13-30(3)29-21/h8-10,12-13H,5-7,11H2,1-4H3,(H,23,32)(H2,25,26,27,31). The van der Waals surface area contributed by atoms with Gasteiger partial charge in [0.05, 0.1) is 24.0 Å². The van der Waals surface area contributed by atoms with Crippen molar-refractivity contribution in [3.8, 4) is 17.1 Å². The number of anilines is 3. The molecule has 11 nitrogen and oxygen atoms in total. The number of nitrogens with zero attached hydrogens (tertiary/aromatic N) is 5. The second-order valence-electron chi connectivity index (χ2n) is 7.33. The van der Waals surface area contributed by atoms with Crippen LogP contribution in [0.25, 0.3) is 11.4 Å². The van der Waals surface area contributed by atoms with Gasteiger partial charge in [0.25, 0.3) is 5.91 Å². The summed E-state index contributed by atoms with van der Waals surface area (Å²) >= 11 is 0. The number of aryl methyl sites for hydroxylation is 1. The van der Waals surface area contributed by atoms with Crippen LogP contribution in [0.15, 0.2) is 30.6 Å². The van der Waals surface area contributed by atoms with E-state index in [1.165, 1.54) is 7.05 Å². The summed E-state index contributed by atoms with van der Waals surface area (Å²) in [6, 6.07) is 7.02. The number of carbonyl (C=O) groups excluding carboxylic acids is 2. The number of ether oxygens (including phenoxy) is 1. The van der Waals surface area contributed by atoms with Crippen LogP contribution >= 0.6 is 0 Å². The van der Waals surface area contributed by atoms with Crippen molar-refractivity contribution in [1.29, 1.82) is 0 Å². The number of hydrogen-bond donors (Lipinski definition) is 3. The van der Waals surface area contributed by atoms with E-state index in [0.717, 1.165) is 19.3 Å². The van der Waals surface area contributed by atoms with Gasteiger partial charge in [0, 0.05) is 26.6 Å². The van der Waals surface area contributed by atoms with Crippen LogP contribution < -0.4 is 20.7 Å². The van der Waals surface area contributed by atoms with Gasteiger partial charge >= 0.3 is 0 Å². The molecule has 0 atom stereocenters. The maximum atomic E-state index is 12.4. The highest BCUT2D eigenvalue weighted by molar-refractivity contribution is 5.99. The summed E-state index contributed by atoms with van der Waals surface area (Å²) in [5.74, 6) is 0.656. The number of rotatable bonds is 10. The van der Waals surface area contributed by atoms with Crippen LogP contribution in [0.3, 0.4) is 0 Å². The summed E-state index contributed by atoms with van der Waals surface area (Å²) in [4.78, 5) is 28.9. The number of unbranched alkanes of at least 4 members (excludes halogenated alkanes) is 2. The molecule has 0 fully saturated rings. The van der Waals surface area contributed by atoms with Gasteiger partial charge < -0.3 is 20.7 Å². The summed E-state index contributed by atoms with van der Waals surface area (Å²) < 4.78 is 7.23. The number of nitrogens with one attached hydrogen (secondary N) is 3. The molecule has 174 valence electrons. The molecular weight excluding hydrogens is 424 g/mol. The van der Waals surface area contributed by atoms with Gasteiger partial charge in [-0.3, -0.25) is 14.3 Å². The van der Waals surface area contributed by atoms with E-state index in [1.54, 1.807) is 37.3 Å². The van der Waals surface area contributed by atoms with Crippen LogP contribution in [0, 0.1) is 0 Å². The molecule has 0 aliphatic heterocycles. The normalized spacial score (nSPS) is 10.5. The minimum Gasteiger partial charge on any atom is -0.494 e. The number of para-hydroxylation sites is 1. The number of benzene rings is 1. The third-order valence-electron chi connectivity index (χ3n) is 4.84. The van der Waals surface area contributed by atoms with Gasteiger partial charge in [0.15, 0.2) is 23.1 Å². The molecule has 0 saturated carbocycles. The Balaban J connectivity index is 1.94. The first-order chi connectivity index (χ1) is 16.0. The van der Waals surface area contributed by atoms with E-state index in [4.69, 9.17) is 4.74 Å². The zero-order valence-electron chi connectivity index (χ0n) is 19.2. The van der Waals surface area contributed by atoms with Crippen LogP contribution in [0.4, 0.5) is 17.2 Å². The monoisotopic (exact) mass is 452 g/mol. The molecule has 0 aliphatic rings. The topological polar surface area (TPSA) is 136 Å². The van der Waals surface area contributed by atoms with Crippen molar-refractivity contribution < 1.29 is 14.3 Å². The first kappa shape index (κ1) is 23.6. The molecule has 0 radical (unpaired) electrons. The molecule has 33 heavy (non-hydrogen) atoms. The Morgan fingerprint density at radius 2 is 1.97 bits per heavy atom. The van der Waals surface area contributed by atoms with E-state index < -0.39 is 5.91 Å². The molecule has 3 aromatic rings. The van der Waals surface area contributed by atoms with Crippen molar-refractivity contribution >= 4 is 29.0 Å². The lowest BCUT2D eigenvalue weighted by Crippen LogP contribution is -2.22. The smallest absolute Gasteiger partial charge is 0.273 e. The minimum atomic E-state index is -0.424. The number of methoxy groups -OCH3 is 1. The van der Waals surface area contributed by atoms with E-state index in [9.17, 15) is 9.59 Å². The zero-order chi connectivity index (χ0) is 23.8. The SMILES string of the molecule is CCCCCC(=O)Nc1cc(Nc2cccc(-c3ncn(C)n3)c2OC)c(C(=O)NC)nn1. The average Bonchev–Trinajstić information content (AvgIpc) is 3.25. The van der Waals surface area contributed by atoms with Crippen LogP contribution in [0.1, 0.15) is 43.1 Å². The van der Waals surface area contributed by atoms with Crippen LogP contribution in [0.5, 0.6) is 5.75 Å². The van der Waals surface area contributed by atoms with E-state index in [-0.39, 0.29) is 17.4 Å². The number of hydrogen-bond acceptors (Lipinski definition) is 8. The molecule has 3 rings (SSSR count). The maximum Gasteiger partial charge on any atom is 0.273 e. The van der Waals surface area contributed by atoms with E-state index in [2.05, 4.69) is 43.2 Å². The summed E-state index contributed by atoms with van der Waals surface area (Å²) in [5.41, 5.74) is 1.68. The Kier molecular flexibility index (Phi) is 7.90. The van der Waals surface area contributed by atoms with Gasteiger partial charge in [-0.2, -0.15) is 5.10 Å². The summed E-state index contributed by atoms with van der Waals surface area (Å²) in [5, 5.41) is 20.8. The zero-order valence-corrected chi connectivity index (χ0v) is 19.2. The lowest BCUT2D eigenvalue weighted by atomic mass is 10.1. The largest absolute Gasteiger partial charge is 0.494 e. The quantitative estimate of drug-likeness (QED) is 0.400. The molecule has 2 aromatic heterocycles. The highest BCUT2D eigenvalue weighted by atomic mass is 16.5. The summed E-state index contributed by atoms with van der Waals surface area (Å²) in [7, 11) is 4.83.